The van der Waals surface area contributed by atoms with Gasteiger partial charge in [0.25, 0.3) is 0 Å². The van der Waals surface area contributed by atoms with Gasteiger partial charge in [0.1, 0.15) is 22.8 Å². The van der Waals surface area contributed by atoms with Crippen molar-refractivity contribution in [3.8, 4) is 5.75 Å². The summed E-state index contributed by atoms with van der Waals surface area (Å²) in [5.41, 5.74) is 0.685. The number of ketones is 1. The Morgan fingerprint density at radius 1 is 1.22 bits per heavy atom. The van der Waals surface area contributed by atoms with Crippen molar-refractivity contribution >= 4 is 17.7 Å². The van der Waals surface area contributed by atoms with Crippen molar-refractivity contribution < 1.29 is 28.6 Å². The minimum atomic E-state index is -1.05. The molecule has 0 aliphatic carbocycles. The summed E-state index contributed by atoms with van der Waals surface area (Å²) in [5.74, 6) is 0.161. The maximum absolute atomic E-state index is 12.2. The number of carbonyl (C=O) groups is 3. The molecule has 0 bridgehead atoms. The van der Waals surface area contributed by atoms with Crippen molar-refractivity contribution in [1.29, 1.82) is 0 Å². The molecule has 144 valence electrons. The predicted molar refractivity (Wildman–Crippen MR) is 98.1 cm³/mol. The molecule has 0 saturated heterocycles. The molecule has 1 N–H and O–H groups in total. The smallest absolute Gasteiger partial charge is 0.339 e. The summed E-state index contributed by atoms with van der Waals surface area (Å²) in [4.78, 5) is 36.1. The molecule has 2 rings (SSSR count). The molecule has 1 amide bonds. The lowest BCUT2D eigenvalue weighted by atomic mass is 10.1. The summed E-state index contributed by atoms with van der Waals surface area (Å²) >= 11 is 0. The van der Waals surface area contributed by atoms with Crippen LogP contribution < -0.4 is 4.74 Å². The number of Topliss-reactive ketones (excluding diaryl/α,β-unsaturated/α-hetero) is 1. The summed E-state index contributed by atoms with van der Waals surface area (Å²) in [6, 6.07) is 8.35. The first-order valence-electron chi connectivity index (χ1n) is 8.58. The van der Waals surface area contributed by atoms with Gasteiger partial charge in [-0.25, -0.2) is 4.79 Å². The largest absolute Gasteiger partial charge is 0.494 e. The zero-order chi connectivity index (χ0) is 20.0. The number of carbonyl (C=O) groups excluding carboxylic acids is 2. The fourth-order valence-electron chi connectivity index (χ4n) is 2.57. The molecule has 0 atom stereocenters. The highest BCUT2D eigenvalue weighted by Gasteiger charge is 2.16. The van der Waals surface area contributed by atoms with E-state index in [2.05, 4.69) is 0 Å². The SMILES string of the molecule is CC(=O)c1cccc(OCCCC(=O)N(C)Cc2cc(C(=O)O)c(C)o2)c1. The van der Waals surface area contributed by atoms with Crippen molar-refractivity contribution in [2.75, 3.05) is 13.7 Å². The van der Waals surface area contributed by atoms with Crippen LogP contribution in [0.5, 0.6) is 5.75 Å². The Morgan fingerprint density at radius 2 is 1.96 bits per heavy atom. The Hall–Kier alpha value is -3.09. The summed E-state index contributed by atoms with van der Waals surface area (Å²) in [7, 11) is 1.64. The van der Waals surface area contributed by atoms with Crippen LogP contribution in [-0.4, -0.2) is 41.3 Å². The van der Waals surface area contributed by atoms with Crippen molar-refractivity contribution in [2.24, 2.45) is 0 Å². The Labute approximate surface area is 157 Å². The number of nitrogens with zero attached hydrogens (tertiary/aromatic N) is 1. The van der Waals surface area contributed by atoms with Crippen LogP contribution in [0.2, 0.25) is 0 Å². The van der Waals surface area contributed by atoms with E-state index in [1.54, 1.807) is 38.2 Å². The van der Waals surface area contributed by atoms with E-state index in [1.165, 1.54) is 17.9 Å². The van der Waals surface area contributed by atoms with Gasteiger partial charge in [0.2, 0.25) is 5.91 Å². The third-order valence-corrected chi connectivity index (χ3v) is 4.06. The standard InChI is InChI=1S/C20H23NO6/c1-13(22)15-6-4-7-16(10-15)26-9-5-8-19(23)21(3)12-17-11-18(20(24)25)14(2)27-17/h4,6-7,10-11H,5,8-9,12H2,1-3H3,(H,24,25). The van der Waals surface area contributed by atoms with E-state index < -0.39 is 5.97 Å². The molecular formula is C20H23NO6. The third-order valence-electron chi connectivity index (χ3n) is 4.06. The maximum Gasteiger partial charge on any atom is 0.339 e. The number of benzene rings is 1. The first-order valence-corrected chi connectivity index (χ1v) is 8.58. The van der Waals surface area contributed by atoms with Crippen LogP contribution in [0.1, 0.15) is 52.0 Å². The molecule has 1 aromatic heterocycles. The molecule has 2 aromatic rings. The quantitative estimate of drug-likeness (QED) is 0.535. The molecule has 0 fully saturated rings. The first-order chi connectivity index (χ1) is 12.8. The fraction of sp³-hybridized carbons (Fsp3) is 0.350. The van der Waals surface area contributed by atoms with Crippen LogP contribution in [-0.2, 0) is 11.3 Å². The van der Waals surface area contributed by atoms with Crippen LogP contribution in [0.3, 0.4) is 0 Å². The highest BCUT2D eigenvalue weighted by Crippen LogP contribution is 2.17. The summed E-state index contributed by atoms with van der Waals surface area (Å²) < 4.78 is 11.0. The number of aryl methyl sites for hydroxylation is 1. The Bertz CT molecular complexity index is 839. The fourth-order valence-corrected chi connectivity index (χ4v) is 2.57. The number of carboxylic acids is 1. The van der Waals surface area contributed by atoms with Gasteiger partial charge in [-0.1, -0.05) is 12.1 Å². The van der Waals surface area contributed by atoms with Crippen LogP contribution in [0.15, 0.2) is 34.7 Å². The lowest BCUT2D eigenvalue weighted by Gasteiger charge is -2.15. The molecule has 0 aliphatic heterocycles. The van der Waals surface area contributed by atoms with E-state index in [1.807, 2.05) is 0 Å². The number of rotatable bonds is 9. The monoisotopic (exact) mass is 373 g/mol. The minimum absolute atomic E-state index is 0.0310. The van der Waals surface area contributed by atoms with Crippen molar-refractivity contribution in [1.82, 2.24) is 4.90 Å². The van der Waals surface area contributed by atoms with Gasteiger partial charge in [0.15, 0.2) is 5.78 Å². The Morgan fingerprint density at radius 3 is 2.59 bits per heavy atom. The maximum atomic E-state index is 12.2. The summed E-state index contributed by atoms with van der Waals surface area (Å²) in [6.07, 6.45) is 0.805. The average Bonchev–Trinajstić information content (AvgIpc) is 2.99. The van der Waals surface area contributed by atoms with Crippen LogP contribution >= 0.6 is 0 Å². The molecule has 7 heteroatoms. The van der Waals surface area contributed by atoms with E-state index in [4.69, 9.17) is 14.3 Å². The number of ether oxygens (including phenoxy) is 1. The second-order valence-electron chi connectivity index (χ2n) is 6.27. The second kappa shape index (κ2) is 9.02. The van der Waals surface area contributed by atoms with E-state index in [-0.39, 0.29) is 30.2 Å². The molecule has 27 heavy (non-hydrogen) atoms. The number of hydrogen-bond acceptors (Lipinski definition) is 5. The van der Waals surface area contributed by atoms with Crippen molar-refractivity contribution in [3.05, 3.63) is 53.0 Å². The minimum Gasteiger partial charge on any atom is -0.494 e. The van der Waals surface area contributed by atoms with Gasteiger partial charge in [-0.2, -0.15) is 0 Å². The highest BCUT2D eigenvalue weighted by molar-refractivity contribution is 5.94. The van der Waals surface area contributed by atoms with Gasteiger partial charge in [-0.05, 0) is 38.5 Å². The van der Waals surface area contributed by atoms with E-state index in [0.29, 0.717) is 35.9 Å². The van der Waals surface area contributed by atoms with Gasteiger partial charge in [-0.15, -0.1) is 0 Å². The topological polar surface area (TPSA) is 97.1 Å². The van der Waals surface area contributed by atoms with E-state index >= 15 is 0 Å². The Balaban J connectivity index is 1.78. The molecule has 0 aliphatic rings. The second-order valence-corrected chi connectivity index (χ2v) is 6.27. The molecule has 1 aromatic carbocycles. The van der Waals surface area contributed by atoms with Crippen molar-refractivity contribution in [2.45, 2.75) is 33.2 Å². The number of furan rings is 1. The predicted octanol–water partition coefficient (Wildman–Crippen LogP) is 3.31. The molecule has 0 radical (unpaired) electrons. The molecular weight excluding hydrogens is 350 g/mol. The van der Waals surface area contributed by atoms with Gasteiger partial charge >= 0.3 is 5.97 Å². The molecule has 0 unspecified atom stereocenters. The van der Waals surface area contributed by atoms with Gasteiger partial charge in [0, 0.05) is 19.0 Å². The van der Waals surface area contributed by atoms with Gasteiger partial charge in [0.05, 0.1) is 13.2 Å². The normalized spacial score (nSPS) is 10.5. The molecule has 0 spiro atoms. The average molecular weight is 373 g/mol. The van der Waals surface area contributed by atoms with Crippen LogP contribution in [0, 0.1) is 6.92 Å². The number of amides is 1. The zero-order valence-electron chi connectivity index (χ0n) is 15.7. The molecule has 0 saturated carbocycles. The van der Waals surface area contributed by atoms with Gasteiger partial charge < -0.3 is 19.2 Å². The summed E-state index contributed by atoms with van der Waals surface area (Å²) in [5, 5.41) is 9.03. The number of carboxylic acid groups (broad SMARTS) is 1. The molecule has 1 heterocycles. The van der Waals surface area contributed by atoms with Crippen LogP contribution in [0.4, 0.5) is 0 Å². The van der Waals surface area contributed by atoms with E-state index in [9.17, 15) is 14.4 Å². The Kier molecular flexibility index (Phi) is 6.76. The number of aromatic carboxylic acids is 1. The third kappa shape index (κ3) is 5.70. The van der Waals surface area contributed by atoms with Crippen molar-refractivity contribution in [3.63, 3.8) is 0 Å². The van der Waals surface area contributed by atoms with E-state index in [0.717, 1.165) is 0 Å². The molecule has 7 nitrogen and oxygen atoms in total. The lowest BCUT2D eigenvalue weighted by Crippen LogP contribution is -2.26. The highest BCUT2D eigenvalue weighted by atomic mass is 16.5. The number of hydrogen-bond donors (Lipinski definition) is 1. The zero-order valence-corrected chi connectivity index (χ0v) is 15.7. The lowest BCUT2D eigenvalue weighted by molar-refractivity contribution is -0.130. The van der Waals surface area contributed by atoms with Gasteiger partial charge in [-0.3, -0.25) is 9.59 Å². The van der Waals surface area contributed by atoms with Crippen LogP contribution in [0.25, 0.3) is 0 Å². The first kappa shape index (κ1) is 20.2. The summed E-state index contributed by atoms with van der Waals surface area (Å²) in [6.45, 7) is 3.62.